The molecule has 2 atom stereocenters. The molecule has 19 heavy (non-hydrogen) atoms. The minimum atomic E-state index is 0.323. The van der Waals surface area contributed by atoms with Gasteiger partial charge in [-0.2, -0.15) is 0 Å². The van der Waals surface area contributed by atoms with Gasteiger partial charge in [-0.05, 0) is 37.6 Å². The number of benzene rings is 1. The number of nitrogens with zero attached hydrogens (tertiary/aromatic N) is 1. The predicted octanol–water partition coefficient (Wildman–Crippen LogP) is 2.80. The van der Waals surface area contributed by atoms with Crippen molar-refractivity contribution in [3.05, 3.63) is 29.8 Å². The summed E-state index contributed by atoms with van der Waals surface area (Å²) in [6, 6.07) is 9.45. The molecule has 1 saturated heterocycles. The molecule has 1 heterocycles. The van der Waals surface area contributed by atoms with Crippen LogP contribution in [-0.4, -0.2) is 31.8 Å². The van der Waals surface area contributed by atoms with Crippen LogP contribution < -0.4 is 10.2 Å². The highest BCUT2D eigenvalue weighted by molar-refractivity contribution is 5.49. The van der Waals surface area contributed by atoms with Crippen LogP contribution in [0, 0.1) is 0 Å². The van der Waals surface area contributed by atoms with E-state index in [1.54, 1.807) is 0 Å². The summed E-state index contributed by atoms with van der Waals surface area (Å²) in [6.45, 7) is 10.3. The molecule has 3 heteroatoms. The lowest BCUT2D eigenvalue weighted by molar-refractivity contribution is 0.0299. The van der Waals surface area contributed by atoms with E-state index in [2.05, 4.69) is 55.3 Å². The summed E-state index contributed by atoms with van der Waals surface area (Å²) in [6.07, 6.45) is 1.45. The van der Waals surface area contributed by atoms with Crippen molar-refractivity contribution in [2.24, 2.45) is 0 Å². The highest BCUT2D eigenvalue weighted by Gasteiger charge is 2.25. The Morgan fingerprint density at radius 2 is 2.00 bits per heavy atom. The lowest BCUT2D eigenvalue weighted by atomic mass is 10.1. The van der Waals surface area contributed by atoms with E-state index < -0.39 is 0 Å². The number of ether oxygens (including phenoxy) is 1. The summed E-state index contributed by atoms with van der Waals surface area (Å²) in [5.41, 5.74) is 2.67. The molecule has 2 rings (SSSR count). The van der Waals surface area contributed by atoms with Crippen molar-refractivity contribution >= 4 is 5.69 Å². The highest BCUT2D eigenvalue weighted by atomic mass is 16.5. The third-order valence-corrected chi connectivity index (χ3v) is 3.79. The van der Waals surface area contributed by atoms with E-state index in [-0.39, 0.29) is 0 Å². The zero-order valence-corrected chi connectivity index (χ0v) is 12.4. The average Bonchev–Trinajstić information content (AvgIpc) is 2.45. The number of nitrogens with one attached hydrogen (secondary N) is 1. The van der Waals surface area contributed by atoms with Gasteiger partial charge in [-0.1, -0.05) is 26.0 Å². The van der Waals surface area contributed by atoms with Crippen LogP contribution in [0.3, 0.4) is 0 Å². The first kappa shape index (κ1) is 14.4. The Balaban J connectivity index is 2.06. The summed E-state index contributed by atoms with van der Waals surface area (Å²) in [5.74, 6) is 0. The van der Waals surface area contributed by atoms with E-state index >= 15 is 0 Å². The normalized spacial score (nSPS) is 23.6. The van der Waals surface area contributed by atoms with Crippen LogP contribution >= 0.6 is 0 Å². The first-order valence-electron chi connectivity index (χ1n) is 7.42. The van der Waals surface area contributed by atoms with Gasteiger partial charge in [0.2, 0.25) is 0 Å². The van der Waals surface area contributed by atoms with E-state index in [9.17, 15) is 0 Å². The molecule has 1 N–H and O–H groups in total. The van der Waals surface area contributed by atoms with Gasteiger partial charge in [0.1, 0.15) is 0 Å². The highest BCUT2D eigenvalue weighted by Crippen LogP contribution is 2.23. The Morgan fingerprint density at radius 3 is 2.63 bits per heavy atom. The molecule has 2 unspecified atom stereocenters. The fourth-order valence-electron chi connectivity index (χ4n) is 2.57. The number of hydrogen-bond acceptors (Lipinski definition) is 3. The lowest BCUT2D eigenvalue weighted by Crippen LogP contribution is -2.48. The van der Waals surface area contributed by atoms with E-state index in [1.807, 2.05) is 0 Å². The molecule has 0 amide bonds. The summed E-state index contributed by atoms with van der Waals surface area (Å²) in [4.78, 5) is 2.49. The van der Waals surface area contributed by atoms with Crippen molar-refractivity contribution in [3.8, 4) is 0 Å². The maximum Gasteiger partial charge on any atom is 0.0723 e. The van der Waals surface area contributed by atoms with Gasteiger partial charge in [0, 0.05) is 18.8 Å². The van der Waals surface area contributed by atoms with Gasteiger partial charge >= 0.3 is 0 Å². The van der Waals surface area contributed by atoms with Gasteiger partial charge in [0.15, 0.2) is 0 Å². The monoisotopic (exact) mass is 262 g/mol. The Hall–Kier alpha value is -1.06. The molecule has 0 aliphatic carbocycles. The van der Waals surface area contributed by atoms with E-state index in [1.165, 1.54) is 11.3 Å². The molecule has 0 aromatic heterocycles. The minimum Gasteiger partial charge on any atom is -0.375 e. The first-order chi connectivity index (χ1) is 9.24. The molecule has 0 spiro atoms. The fraction of sp³-hybridized carbons (Fsp3) is 0.625. The number of morpholine rings is 1. The summed E-state index contributed by atoms with van der Waals surface area (Å²) in [5, 5.41) is 3.36. The smallest absolute Gasteiger partial charge is 0.0723 e. The second-order valence-electron chi connectivity index (χ2n) is 5.31. The number of rotatable bonds is 5. The van der Waals surface area contributed by atoms with Gasteiger partial charge in [-0.25, -0.2) is 0 Å². The third-order valence-electron chi connectivity index (χ3n) is 3.79. The molecule has 1 aromatic carbocycles. The largest absolute Gasteiger partial charge is 0.375 e. The summed E-state index contributed by atoms with van der Waals surface area (Å²) < 4.78 is 5.76. The molecule has 1 aliphatic rings. The zero-order chi connectivity index (χ0) is 13.7. The van der Waals surface area contributed by atoms with Crippen LogP contribution in [0.2, 0.25) is 0 Å². The maximum atomic E-state index is 5.76. The van der Waals surface area contributed by atoms with E-state index in [0.29, 0.717) is 12.1 Å². The second kappa shape index (κ2) is 6.92. The van der Waals surface area contributed by atoms with Crippen LogP contribution in [-0.2, 0) is 11.3 Å². The number of hydrogen-bond donors (Lipinski definition) is 1. The van der Waals surface area contributed by atoms with Gasteiger partial charge in [-0.15, -0.1) is 0 Å². The zero-order valence-electron chi connectivity index (χ0n) is 12.4. The topological polar surface area (TPSA) is 24.5 Å². The molecule has 0 saturated carbocycles. The van der Waals surface area contributed by atoms with Crippen molar-refractivity contribution in [3.63, 3.8) is 0 Å². The molecule has 106 valence electrons. The maximum absolute atomic E-state index is 5.76. The Kier molecular flexibility index (Phi) is 5.23. The van der Waals surface area contributed by atoms with Crippen LogP contribution in [0.15, 0.2) is 24.3 Å². The second-order valence-corrected chi connectivity index (χ2v) is 5.31. The van der Waals surface area contributed by atoms with Gasteiger partial charge in [0.05, 0.1) is 18.8 Å². The van der Waals surface area contributed by atoms with Crippen molar-refractivity contribution in [1.29, 1.82) is 0 Å². The standard InChI is InChI=1S/C16H26N2O/c1-4-15-12-19-13(3)11-18(15)16-8-6-14(7-9-16)10-17-5-2/h6-9,13,15,17H,4-5,10-12H2,1-3H3. The van der Waals surface area contributed by atoms with Crippen LogP contribution in [0.1, 0.15) is 32.8 Å². The van der Waals surface area contributed by atoms with Crippen LogP contribution in [0.25, 0.3) is 0 Å². The van der Waals surface area contributed by atoms with Crippen molar-refractivity contribution < 1.29 is 4.74 Å². The fourth-order valence-corrected chi connectivity index (χ4v) is 2.57. The summed E-state index contributed by atoms with van der Waals surface area (Å²) >= 11 is 0. The molecule has 3 nitrogen and oxygen atoms in total. The van der Waals surface area contributed by atoms with E-state index in [0.717, 1.165) is 32.7 Å². The molecule has 1 aliphatic heterocycles. The molecule has 0 radical (unpaired) electrons. The Bertz CT molecular complexity index is 377. The summed E-state index contributed by atoms with van der Waals surface area (Å²) in [7, 11) is 0. The predicted molar refractivity (Wildman–Crippen MR) is 80.7 cm³/mol. The Labute approximate surface area is 116 Å². The van der Waals surface area contributed by atoms with Crippen LogP contribution in [0.5, 0.6) is 0 Å². The van der Waals surface area contributed by atoms with Crippen LogP contribution in [0.4, 0.5) is 5.69 Å². The average molecular weight is 262 g/mol. The van der Waals surface area contributed by atoms with Crippen molar-refractivity contribution in [2.45, 2.75) is 45.9 Å². The van der Waals surface area contributed by atoms with Gasteiger partial charge < -0.3 is 15.0 Å². The number of anilines is 1. The van der Waals surface area contributed by atoms with Crippen molar-refractivity contribution in [2.75, 3.05) is 24.6 Å². The third kappa shape index (κ3) is 3.71. The molecule has 0 bridgehead atoms. The molecule has 1 fully saturated rings. The first-order valence-corrected chi connectivity index (χ1v) is 7.42. The van der Waals surface area contributed by atoms with Gasteiger partial charge in [-0.3, -0.25) is 0 Å². The van der Waals surface area contributed by atoms with E-state index in [4.69, 9.17) is 4.74 Å². The lowest BCUT2D eigenvalue weighted by Gasteiger charge is -2.40. The molecule has 1 aromatic rings. The minimum absolute atomic E-state index is 0.323. The van der Waals surface area contributed by atoms with Crippen molar-refractivity contribution in [1.82, 2.24) is 5.32 Å². The van der Waals surface area contributed by atoms with Gasteiger partial charge in [0.25, 0.3) is 0 Å². The SMILES string of the molecule is CCNCc1ccc(N2CC(C)OCC2CC)cc1. The Morgan fingerprint density at radius 1 is 1.26 bits per heavy atom. The molecular weight excluding hydrogens is 236 g/mol. The quantitative estimate of drug-likeness (QED) is 0.883. The molecular formula is C16H26N2O.